The van der Waals surface area contributed by atoms with Crippen LogP contribution in [0.2, 0.25) is 0 Å². The number of halogens is 3. The van der Waals surface area contributed by atoms with Crippen LogP contribution in [0.15, 0.2) is 23.9 Å². The number of carbonyl (C=O) groups excluding carboxylic acids is 1. The highest BCUT2D eigenvalue weighted by Gasteiger charge is 2.11. The van der Waals surface area contributed by atoms with Crippen molar-refractivity contribution in [1.29, 1.82) is 0 Å². The van der Waals surface area contributed by atoms with Crippen LogP contribution in [0.1, 0.15) is 33.3 Å². The Balaban J connectivity index is 0. The Bertz CT molecular complexity index is 479. The average molecular weight is 319 g/mol. The first-order valence-electron chi connectivity index (χ1n) is 6.79. The maximum Gasteiger partial charge on any atom is 0.194 e. The number of rotatable bonds is 4. The molecule has 0 aliphatic rings. The van der Waals surface area contributed by atoms with Gasteiger partial charge < -0.3 is 10.0 Å². The number of ketones is 1. The van der Waals surface area contributed by atoms with E-state index in [0.717, 1.165) is 19.2 Å². The van der Waals surface area contributed by atoms with Gasteiger partial charge in [0, 0.05) is 32.5 Å². The minimum absolute atomic E-state index is 0.0849. The van der Waals surface area contributed by atoms with E-state index >= 15 is 0 Å². The highest BCUT2D eigenvalue weighted by atomic mass is 19.2. The molecule has 0 fully saturated rings. The molecule has 0 saturated carbocycles. The fraction of sp³-hybridized carbons (Fsp3) is 0.438. The number of benzene rings is 1. The third kappa shape index (κ3) is 7.83. The number of aliphatic hydroxyl groups excluding tert-OH is 1. The van der Waals surface area contributed by atoms with Gasteiger partial charge >= 0.3 is 0 Å². The van der Waals surface area contributed by atoms with Crippen molar-refractivity contribution in [3.63, 3.8) is 0 Å². The van der Waals surface area contributed by atoms with Gasteiger partial charge in [0.2, 0.25) is 0 Å². The first-order chi connectivity index (χ1) is 10.3. The zero-order valence-corrected chi connectivity index (χ0v) is 13.9. The van der Waals surface area contributed by atoms with Gasteiger partial charge in [0.05, 0.1) is 0 Å². The molecule has 0 radical (unpaired) electrons. The molecule has 0 saturated heterocycles. The normalized spacial score (nSPS) is 10.0. The molecule has 0 spiro atoms. The van der Waals surface area contributed by atoms with Gasteiger partial charge in [-0.05, 0) is 31.5 Å². The fourth-order valence-corrected chi connectivity index (χ4v) is 1.45. The molecule has 0 unspecified atom stereocenters. The predicted molar refractivity (Wildman–Crippen MR) is 81.7 cm³/mol. The molecule has 0 bridgehead atoms. The van der Waals surface area contributed by atoms with Crippen molar-refractivity contribution >= 4 is 5.78 Å². The van der Waals surface area contributed by atoms with Crippen LogP contribution in [0.3, 0.4) is 0 Å². The second kappa shape index (κ2) is 11.8. The Labute approximate surface area is 130 Å². The van der Waals surface area contributed by atoms with Crippen LogP contribution in [-0.4, -0.2) is 29.9 Å². The molecule has 0 aliphatic heterocycles. The number of hydrogen-bond donors (Lipinski definition) is 1. The lowest BCUT2D eigenvalue weighted by Crippen LogP contribution is -2.13. The van der Waals surface area contributed by atoms with Gasteiger partial charge in [-0.15, -0.1) is 0 Å². The first kappa shape index (κ1) is 22.5. The van der Waals surface area contributed by atoms with Gasteiger partial charge in [0.1, 0.15) is 0 Å². The maximum absolute atomic E-state index is 13.0. The summed E-state index contributed by atoms with van der Waals surface area (Å²) in [5.41, 5.74) is 0.821. The largest absolute Gasteiger partial charge is 0.400 e. The number of Topliss-reactive ketones (excluding diaryl/α,β-unsaturated/α-hetero) is 1. The molecule has 3 nitrogen and oxygen atoms in total. The highest BCUT2D eigenvalue weighted by Crippen LogP contribution is 2.15. The standard InChI is InChI=1S/C13H14F3NO.C2H6.CH4O/c1-8(9(2)18)6-17(3)7-10-4-11(14)13(16)12(15)5-10;2*1-2/h4-6H,7H2,1-3H3;1-2H3;2H,1H3/b8-6-;;. The molecule has 0 heterocycles. The van der Waals surface area contributed by atoms with Crippen LogP contribution in [0, 0.1) is 17.5 Å². The van der Waals surface area contributed by atoms with Crippen molar-refractivity contribution in [2.24, 2.45) is 0 Å². The molecule has 0 aliphatic carbocycles. The molecule has 1 aromatic carbocycles. The summed E-state index contributed by atoms with van der Waals surface area (Å²) in [7, 11) is 2.66. The van der Waals surface area contributed by atoms with Gasteiger partial charge in [0.25, 0.3) is 0 Å². The molecular formula is C16H24F3NO2. The van der Waals surface area contributed by atoms with Crippen molar-refractivity contribution in [3.05, 3.63) is 46.9 Å². The molecule has 1 rings (SSSR count). The Kier molecular flexibility index (Phi) is 12.0. The summed E-state index contributed by atoms with van der Waals surface area (Å²) >= 11 is 0. The molecule has 0 atom stereocenters. The van der Waals surface area contributed by atoms with Crippen molar-refractivity contribution in [3.8, 4) is 0 Å². The van der Waals surface area contributed by atoms with Crippen LogP contribution in [0.5, 0.6) is 0 Å². The topological polar surface area (TPSA) is 40.5 Å². The van der Waals surface area contributed by atoms with Crippen LogP contribution in [-0.2, 0) is 11.3 Å². The predicted octanol–water partition coefficient (Wildman–Crippen LogP) is 3.66. The van der Waals surface area contributed by atoms with Gasteiger partial charge in [-0.1, -0.05) is 13.8 Å². The van der Waals surface area contributed by atoms with E-state index in [1.54, 1.807) is 25.1 Å². The molecule has 126 valence electrons. The average Bonchev–Trinajstić information content (AvgIpc) is 2.48. The quantitative estimate of drug-likeness (QED) is 0.680. The van der Waals surface area contributed by atoms with Gasteiger partial charge in [-0.2, -0.15) is 0 Å². The van der Waals surface area contributed by atoms with E-state index in [9.17, 15) is 18.0 Å². The highest BCUT2D eigenvalue weighted by molar-refractivity contribution is 5.92. The second-order valence-electron chi connectivity index (χ2n) is 4.16. The van der Waals surface area contributed by atoms with Gasteiger partial charge in [-0.25, -0.2) is 13.2 Å². The minimum atomic E-state index is -1.48. The van der Waals surface area contributed by atoms with E-state index in [-0.39, 0.29) is 12.3 Å². The van der Waals surface area contributed by atoms with Crippen molar-refractivity contribution in [1.82, 2.24) is 4.90 Å². The second-order valence-corrected chi connectivity index (χ2v) is 4.16. The van der Waals surface area contributed by atoms with Crippen LogP contribution in [0.4, 0.5) is 13.2 Å². The smallest absolute Gasteiger partial charge is 0.194 e. The van der Waals surface area contributed by atoms with Gasteiger partial charge in [-0.3, -0.25) is 4.79 Å². The molecular weight excluding hydrogens is 295 g/mol. The molecule has 6 heteroatoms. The van der Waals surface area contributed by atoms with Crippen LogP contribution in [0.25, 0.3) is 0 Å². The summed E-state index contributed by atoms with van der Waals surface area (Å²) in [4.78, 5) is 12.6. The van der Waals surface area contributed by atoms with Gasteiger partial charge in [0.15, 0.2) is 23.2 Å². The Morgan fingerprint density at radius 2 is 1.55 bits per heavy atom. The minimum Gasteiger partial charge on any atom is -0.400 e. The Morgan fingerprint density at radius 3 is 1.91 bits per heavy atom. The molecule has 1 aromatic rings. The van der Waals surface area contributed by atoms with Crippen LogP contribution < -0.4 is 0 Å². The summed E-state index contributed by atoms with van der Waals surface area (Å²) in [6, 6.07) is 1.87. The Hall–Kier alpha value is -1.82. The summed E-state index contributed by atoms with van der Waals surface area (Å²) < 4.78 is 38.7. The van der Waals surface area contributed by atoms with E-state index in [4.69, 9.17) is 5.11 Å². The summed E-state index contributed by atoms with van der Waals surface area (Å²) in [5.74, 6) is -3.99. The number of carbonyl (C=O) groups is 1. The van der Waals surface area contributed by atoms with Crippen LogP contribution >= 0.6 is 0 Å². The monoisotopic (exact) mass is 319 g/mol. The Morgan fingerprint density at radius 1 is 1.14 bits per heavy atom. The van der Waals surface area contributed by atoms with E-state index in [0.29, 0.717) is 11.1 Å². The zero-order chi connectivity index (χ0) is 17.9. The number of nitrogens with zero attached hydrogens (tertiary/aromatic N) is 1. The number of aliphatic hydroxyl groups is 1. The van der Waals surface area contributed by atoms with E-state index in [2.05, 4.69) is 0 Å². The lowest BCUT2D eigenvalue weighted by molar-refractivity contribution is -0.113. The van der Waals surface area contributed by atoms with E-state index < -0.39 is 17.5 Å². The molecule has 0 amide bonds. The summed E-state index contributed by atoms with van der Waals surface area (Å²) in [6.07, 6.45) is 1.57. The lowest BCUT2D eigenvalue weighted by Gasteiger charge is -2.15. The number of allylic oxidation sites excluding steroid dienone is 1. The first-order valence-corrected chi connectivity index (χ1v) is 6.79. The molecule has 22 heavy (non-hydrogen) atoms. The molecule has 0 aromatic heterocycles. The molecule has 1 N–H and O–H groups in total. The van der Waals surface area contributed by atoms with Crippen molar-refractivity contribution in [2.45, 2.75) is 34.2 Å². The zero-order valence-electron chi connectivity index (χ0n) is 13.9. The summed E-state index contributed by atoms with van der Waals surface area (Å²) in [6.45, 7) is 7.25. The van der Waals surface area contributed by atoms with E-state index in [1.165, 1.54) is 6.92 Å². The third-order valence-corrected chi connectivity index (χ3v) is 2.44. The van der Waals surface area contributed by atoms with E-state index in [1.807, 2.05) is 13.8 Å². The van der Waals surface area contributed by atoms with Crippen molar-refractivity contribution < 1.29 is 23.1 Å². The fourth-order valence-electron chi connectivity index (χ4n) is 1.45. The number of hydrogen-bond acceptors (Lipinski definition) is 3. The summed E-state index contributed by atoms with van der Waals surface area (Å²) in [5, 5.41) is 7.00. The SMILES string of the molecule is CC.CC(=O)/C(C)=C\N(C)Cc1cc(F)c(F)c(F)c1.CO. The van der Waals surface area contributed by atoms with Crippen molar-refractivity contribution in [2.75, 3.05) is 14.2 Å². The third-order valence-electron chi connectivity index (χ3n) is 2.44. The maximum atomic E-state index is 13.0. The lowest BCUT2D eigenvalue weighted by atomic mass is 10.2.